The van der Waals surface area contributed by atoms with E-state index in [-0.39, 0.29) is 0 Å². The lowest BCUT2D eigenvalue weighted by Gasteiger charge is -2.22. The molecule has 0 bridgehead atoms. The zero-order valence-electron chi connectivity index (χ0n) is 9.59. The minimum Gasteiger partial charge on any atom is -0.389 e. The first-order valence-electron chi connectivity index (χ1n) is 5.61. The van der Waals surface area contributed by atoms with Gasteiger partial charge in [0.1, 0.15) is 0 Å². The van der Waals surface area contributed by atoms with Crippen molar-refractivity contribution in [3.8, 4) is 0 Å². The molecule has 0 radical (unpaired) electrons. The first-order valence-corrected chi connectivity index (χ1v) is 5.61. The molecule has 1 aliphatic rings. The number of aromatic nitrogens is 1. The summed E-state index contributed by atoms with van der Waals surface area (Å²) in [6, 6.07) is 5.79. The van der Waals surface area contributed by atoms with Crippen molar-refractivity contribution in [1.29, 1.82) is 0 Å². The van der Waals surface area contributed by atoms with Crippen LogP contribution < -0.4 is 0 Å². The van der Waals surface area contributed by atoms with E-state index in [1.807, 2.05) is 18.2 Å². The molecule has 1 aliphatic heterocycles. The number of likely N-dealkylation sites (tertiary alicyclic amines) is 1. The highest BCUT2D eigenvalue weighted by atomic mass is 16.6. The third-order valence-corrected chi connectivity index (χ3v) is 2.70. The van der Waals surface area contributed by atoms with Crippen LogP contribution in [0.15, 0.2) is 29.6 Å². The molecule has 1 aromatic heterocycles. The Morgan fingerprint density at radius 2 is 2.19 bits per heavy atom. The van der Waals surface area contributed by atoms with Crippen molar-refractivity contribution in [2.24, 2.45) is 5.16 Å². The van der Waals surface area contributed by atoms with Crippen LogP contribution in [0.3, 0.4) is 0 Å². The summed E-state index contributed by atoms with van der Waals surface area (Å²) in [6.07, 6.45) is 3.79. The van der Waals surface area contributed by atoms with Gasteiger partial charge in [0.25, 0.3) is 0 Å². The molecule has 1 saturated heterocycles. The summed E-state index contributed by atoms with van der Waals surface area (Å²) < 4.78 is 0. The molecule has 1 fully saturated rings. The molecule has 2 heterocycles. The number of hydrogen-bond donors (Lipinski definition) is 0. The maximum absolute atomic E-state index is 5.30. The molecular formula is C12H17N3O. The van der Waals surface area contributed by atoms with E-state index in [2.05, 4.69) is 22.1 Å². The number of oxime groups is 1. The first-order chi connectivity index (χ1) is 7.84. The molecule has 1 aromatic rings. The molecule has 0 spiro atoms. The third-order valence-electron chi connectivity index (χ3n) is 2.70. The molecule has 0 amide bonds. The SMILES string of the molecule is CN1CCC(=NOCc2ccccn2)CC1. The summed E-state index contributed by atoms with van der Waals surface area (Å²) in [7, 11) is 2.13. The Labute approximate surface area is 95.9 Å². The van der Waals surface area contributed by atoms with Crippen LogP contribution in [0.5, 0.6) is 0 Å². The lowest BCUT2D eigenvalue weighted by molar-refractivity contribution is 0.125. The van der Waals surface area contributed by atoms with Crippen LogP contribution in [0.2, 0.25) is 0 Å². The predicted octanol–water partition coefficient (Wildman–Crippen LogP) is 1.68. The van der Waals surface area contributed by atoms with E-state index in [0.717, 1.165) is 37.3 Å². The molecular weight excluding hydrogens is 202 g/mol. The molecule has 0 unspecified atom stereocenters. The van der Waals surface area contributed by atoms with Crippen molar-refractivity contribution in [2.75, 3.05) is 20.1 Å². The maximum Gasteiger partial charge on any atom is 0.159 e. The molecule has 86 valence electrons. The van der Waals surface area contributed by atoms with E-state index in [9.17, 15) is 0 Å². The van der Waals surface area contributed by atoms with Gasteiger partial charge >= 0.3 is 0 Å². The molecule has 0 aromatic carbocycles. The normalized spacial score (nSPS) is 17.2. The Kier molecular flexibility index (Phi) is 3.88. The summed E-state index contributed by atoms with van der Waals surface area (Å²) in [5.41, 5.74) is 2.08. The second-order valence-corrected chi connectivity index (χ2v) is 4.06. The fraction of sp³-hybridized carbons (Fsp3) is 0.500. The van der Waals surface area contributed by atoms with Gasteiger partial charge in [-0.1, -0.05) is 11.2 Å². The summed E-state index contributed by atoms with van der Waals surface area (Å²) in [6.45, 7) is 2.61. The highest BCUT2D eigenvalue weighted by Crippen LogP contribution is 2.06. The largest absolute Gasteiger partial charge is 0.389 e. The highest BCUT2D eigenvalue weighted by Gasteiger charge is 2.11. The smallest absolute Gasteiger partial charge is 0.159 e. The van der Waals surface area contributed by atoms with Crippen molar-refractivity contribution >= 4 is 5.71 Å². The minimum atomic E-state index is 0.459. The Balaban J connectivity index is 1.77. The average molecular weight is 219 g/mol. The van der Waals surface area contributed by atoms with Crippen molar-refractivity contribution in [1.82, 2.24) is 9.88 Å². The monoisotopic (exact) mass is 219 g/mol. The molecule has 16 heavy (non-hydrogen) atoms. The second-order valence-electron chi connectivity index (χ2n) is 4.06. The molecule has 0 atom stereocenters. The lowest BCUT2D eigenvalue weighted by atomic mass is 10.1. The van der Waals surface area contributed by atoms with Gasteiger partial charge in [-0.2, -0.15) is 0 Å². The van der Waals surface area contributed by atoms with Crippen molar-refractivity contribution in [3.05, 3.63) is 30.1 Å². The summed E-state index contributed by atoms with van der Waals surface area (Å²) in [5.74, 6) is 0. The van der Waals surface area contributed by atoms with Gasteiger partial charge in [0.2, 0.25) is 0 Å². The van der Waals surface area contributed by atoms with E-state index in [1.54, 1.807) is 6.20 Å². The Bertz CT molecular complexity index is 341. The zero-order valence-corrected chi connectivity index (χ0v) is 9.59. The van der Waals surface area contributed by atoms with Crippen LogP contribution in [0.4, 0.5) is 0 Å². The number of nitrogens with zero attached hydrogens (tertiary/aromatic N) is 3. The van der Waals surface area contributed by atoms with E-state index in [1.165, 1.54) is 0 Å². The third kappa shape index (κ3) is 3.31. The number of rotatable bonds is 3. The van der Waals surface area contributed by atoms with Crippen molar-refractivity contribution in [3.63, 3.8) is 0 Å². The van der Waals surface area contributed by atoms with Gasteiger partial charge in [-0.05, 0) is 19.2 Å². The first kappa shape index (κ1) is 11.1. The summed E-state index contributed by atoms with van der Waals surface area (Å²) in [4.78, 5) is 11.8. The Morgan fingerprint density at radius 3 is 2.88 bits per heavy atom. The number of hydrogen-bond acceptors (Lipinski definition) is 4. The summed E-state index contributed by atoms with van der Waals surface area (Å²) in [5, 5.41) is 4.16. The fourth-order valence-corrected chi connectivity index (χ4v) is 1.64. The topological polar surface area (TPSA) is 37.7 Å². The van der Waals surface area contributed by atoms with E-state index < -0.39 is 0 Å². The lowest BCUT2D eigenvalue weighted by Crippen LogP contribution is -2.30. The van der Waals surface area contributed by atoms with Crippen LogP contribution in [0, 0.1) is 0 Å². The van der Waals surface area contributed by atoms with Crippen LogP contribution in [-0.2, 0) is 11.4 Å². The second kappa shape index (κ2) is 5.61. The van der Waals surface area contributed by atoms with Crippen LogP contribution in [0.1, 0.15) is 18.5 Å². The molecule has 0 N–H and O–H groups in total. The standard InChI is InChI=1S/C12H17N3O/c1-15-8-5-11(6-9-15)14-16-10-12-4-2-3-7-13-12/h2-4,7H,5-6,8-10H2,1H3. The summed E-state index contributed by atoms with van der Waals surface area (Å²) >= 11 is 0. The van der Waals surface area contributed by atoms with Gasteiger partial charge in [-0.25, -0.2) is 0 Å². The minimum absolute atomic E-state index is 0.459. The molecule has 4 heteroatoms. The number of piperidine rings is 1. The van der Waals surface area contributed by atoms with E-state index in [0.29, 0.717) is 6.61 Å². The van der Waals surface area contributed by atoms with Crippen LogP contribution in [0.25, 0.3) is 0 Å². The van der Waals surface area contributed by atoms with Gasteiger partial charge in [0.05, 0.1) is 11.4 Å². The van der Waals surface area contributed by atoms with Crippen molar-refractivity contribution in [2.45, 2.75) is 19.4 Å². The van der Waals surface area contributed by atoms with E-state index in [4.69, 9.17) is 4.84 Å². The molecule has 0 aliphatic carbocycles. The molecule has 4 nitrogen and oxygen atoms in total. The van der Waals surface area contributed by atoms with Crippen LogP contribution in [-0.4, -0.2) is 35.7 Å². The molecule has 2 rings (SSSR count). The predicted molar refractivity (Wildman–Crippen MR) is 63.2 cm³/mol. The van der Waals surface area contributed by atoms with Gasteiger partial charge in [-0.15, -0.1) is 0 Å². The van der Waals surface area contributed by atoms with Gasteiger partial charge < -0.3 is 9.74 Å². The number of pyridine rings is 1. The van der Waals surface area contributed by atoms with E-state index >= 15 is 0 Å². The van der Waals surface area contributed by atoms with Gasteiger partial charge in [0.15, 0.2) is 6.61 Å². The maximum atomic E-state index is 5.30. The quantitative estimate of drug-likeness (QED) is 0.726. The zero-order chi connectivity index (χ0) is 11.2. The Hall–Kier alpha value is -1.42. The Morgan fingerprint density at radius 1 is 1.38 bits per heavy atom. The molecule has 0 saturated carbocycles. The van der Waals surface area contributed by atoms with Gasteiger partial charge in [-0.3, -0.25) is 4.98 Å². The van der Waals surface area contributed by atoms with Gasteiger partial charge in [0, 0.05) is 32.1 Å². The fourth-order valence-electron chi connectivity index (χ4n) is 1.64. The van der Waals surface area contributed by atoms with Crippen molar-refractivity contribution < 1.29 is 4.84 Å². The average Bonchev–Trinajstić information content (AvgIpc) is 2.33. The van der Waals surface area contributed by atoms with Crippen LogP contribution >= 0.6 is 0 Å². The highest BCUT2D eigenvalue weighted by molar-refractivity contribution is 5.84.